The van der Waals surface area contributed by atoms with Crippen LogP contribution in [0.25, 0.3) is 0 Å². The highest BCUT2D eigenvalue weighted by Gasteiger charge is 2.16. The number of hydrogen-bond donors (Lipinski definition) is 1. The fourth-order valence-electron chi connectivity index (χ4n) is 3.01. The summed E-state index contributed by atoms with van der Waals surface area (Å²) in [6.45, 7) is 2.16. The molecule has 0 fully saturated rings. The van der Waals surface area contributed by atoms with Gasteiger partial charge in [-0.25, -0.2) is 0 Å². The van der Waals surface area contributed by atoms with Crippen LogP contribution >= 0.6 is 11.6 Å². The van der Waals surface area contributed by atoms with Gasteiger partial charge >= 0.3 is 0 Å². The van der Waals surface area contributed by atoms with E-state index < -0.39 is 6.10 Å². The van der Waals surface area contributed by atoms with E-state index in [1.807, 2.05) is 30.3 Å². The van der Waals surface area contributed by atoms with Gasteiger partial charge in [0.25, 0.3) is 5.91 Å². The average molecular weight is 344 g/mol. The molecule has 1 aliphatic carbocycles. The highest BCUT2D eigenvalue weighted by molar-refractivity contribution is 6.31. The maximum atomic E-state index is 12.2. The molecule has 0 radical (unpaired) electrons. The molecule has 1 N–H and O–H groups in total. The second-order valence-electron chi connectivity index (χ2n) is 6.21. The van der Waals surface area contributed by atoms with Crippen LogP contribution in [-0.2, 0) is 24.2 Å². The number of rotatable bonds is 5. The average Bonchev–Trinajstić information content (AvgIpc) is 2.60. The topological polar surface area (TPSA) is 38.3 Å². The van der Waals surface area contributed by atoms with E-state index >= 15 is 0 Å². The Hall–Kier alpha value is -2.00. The molecule has 0 spiro atoms. The van der Waals surface area contributed by atoms with Gasteiger partial charge in [0.2, 0.25) is 0 Å². The van der Waals surface area contributed by atoms with Crippen LogP contribution in [0.4, 0.5) is 0 Å². The van der Waals surface area contributed by atoms with E-state index in [1.165, 1.54) is 24.0 Å². The van der Waals surface area contributed by atoms with Gasteiger partial charge in [-0.1, -0.05) is 35.9 Å². The molecule has 126 valence electrons. The van der Waals surface area contributed by atoms with Crippen molar-refractivity contribution in [1.29, 1.82) is 0 Å². The Kier molecular flexibility index (Phi) is 5.41. The van der Waals surface area contributed by atoms with E-state index in [4.69, 9.17) is 16.3 Å². The third-order valence-corrected chi connectivity index (χ3v) is 4.78. The van der Waals surface area contributed by atoms with Crippen LogP contribution in [0.2, 0.25) is 5.02 Å². The zero-order valence-corrected chi connectivity index (χ0v) is 14.6. The van der Waals surface area contributed by atoms with Crippen LogP contribution in [0.15, 0.2) is 42.5 Å². The normalized spacial score (nSPS) is 14.6. The first-order chi connectivity index (χ1) is 11.6. The first-order valence-corrected chi connectivity index (χ1v) is 8.81. The minimum Gasteiger partial charge on any atom is -0.481 e. The number of ether oxygens (including phenoxy) is 1. The maximum Gasteiger partial charge on any atom is 0.261 e. The quantitative estimate of drug-likeness (QED) is 0.878. The SMILES string of the molecule is CC(Oc1ccc2c(c1)CCCC2)C(=O)NCc1ccccc1Cl. The van der Waals surface area contributed by atoms with Gasteiger partial charge in [-0.2, -0.15) is 0 Å². The molecular weight excluding hydrogens is 322 g/mol. The molecule has 0 saturated carbocycles. The minimum atomic E-state index is -0.547. The summed E-state index contributed by atoms with van der Waals surface area (Å²) in [6, 6.07) is 13.6. The number of halogens is 1. The molecule has 1 unspecified atom stereocenters. The van der Waals surface area contributed by atoms with Gasteiger partial charge in [0, 0.05) is 11.6 Å². The van der Waals surface area contributed by atoms with E-state index in [1.54, 1.807) is 6.92 Å². The molecule has 4 heteroatoms. The van der Waals surface area contributed by atoms with Crippen molar-refractivity contribution in [3.05, 3.63) is 64.2 Å². The monoisotopic (exact) mass is 343 g/mol. The van der Waals surface area contributed by atoms with Gasteiger partial charge in [0.05, 0.1) is 0 Å². The molecule has 0 aromatic heterocycles. The number of aryl methyl sites for hydroxylation is 2. The van der Waals surface area contributed by atoms with Crippen molar-refractivity contribution in [1.82, 2.24) is 5.32 Å². The summed E-state index contributed by atoms with van der Waals surface area (Å²) < 4.78 is 5.82. The lowest BCUT2D eigenvalue weighted by Crippen LogP contribution is -2.36. The minimum absolute atomic E-state index is 0.146. The molecule has 0 bridgehead atoms. The fourth-order valence-corrected chi connectivity index (χ4v) is 3.21. The van der Waals surface area contributed by atoms with Crippen LogP contribution in [0.3, 0.4) is 0 Å². The Morgan fingerprint density at radius 3 is 2.71 bits per heavy atom. The number of nitrogens with one attached hydrogen (secondary N) is 1. The standard InChI is InChI=1S/C20H22ClNO2/c1-14(20(23)22-13-17-8-4-5-9-19(17)21)24-18-11-10-15-6-2-3-7-16(15)12-18/h4-5,8-12,14H,2-3,6-7,13H2,1H3,(H,22,23). The van der Waals surface area contributed by atoms with Crippen molar-refractivity contribution < 1.29 is 9.53 Å². The van der Waals surface area contributed by atoms with Gasteiger partial charge in [0.1, 0.15) is 5.75 Å². The highest BCUT2D eigenvalue weighted by Crippen LogP contribution is 2.25. The van der Waals surface area contributed by atoms with E-state index in [-0.39, 0.29) is 5.91 Å². The van der Waals surface area contributed by atoms with Gasteiger partial charge in [-0.05, 0) is 67.5 Å². The first kappa shape index (κ1) is 16.8. The molecule has 0 heterocycles. The van der Waals surface area contributed by atoms with E-state index in [0.717, 1.165) is 24.2 Å². The van der Waals surface area contributed by atoms with E-state index in [2.05, 4.69) is 17.4 Å². The number of fused-ring (bicyclic) bond motifs is 1. The third-order valence-electron chi connectivity index (χ3n) is 4.41. The molecule has 1 atom stereocenters. The molecule has 3 rings (SSSR count). The van der Waals surface area contributed by atoms with Crippen molar-refractivity contribution >= 4 is 17.5 Å². The highest BCUT2D eigenvalue weighted by atomic mass is 35.5. The smallest absolute Gasteiger partial charge is 0.261 e. The largest absolute Gasteiger partial charge is 0.481 e. The summed E-state index contributed by atoms with van der Waals surface area (Å²) in [5.41, 5.74) is 3.65. The van der Waals surface area contributed by atoms with Gasteiger partial charge in [-0.15, -0.1) is 0 Å². The van der Waals surface area contributed by atoms with E-state index in [0.29, 0.717) is 11.6 Å². The second-order valence-corrected chi connectivity index (χ2v) is 6.61. The predicted octanol–water partition coefficient (Wildman–Crippen LogP) is 4.30. The number of amides is 1. The van der Waals surface area contributed by atoms with Crippen LogP contribution in [0.1, 0.15) is 36.5 Å². The number of hydrogen-bond acceptors (Lipinski definition) is 2. The Morgan fingerprint density at radius 1 is 1.17 bits per heavy atom. The summed E-state index contributed by atoms with van der Waals surface area (Å²) in [5, 5.41) is 3.53. The molecule has 2 aromatic rings. The molecule has 0 aliphatic heterocycles. The van der Waals surface area contributed by atoms with Crippen molar-refractivity contribution in [2.45, 2.75) is 45.3 Å². The maximum absolute atomic E-state index is 12.2. The van der Waals surface area contributed by atoms with Gasteiger partial charge in [-0.3, -0.25) is 4.79 Å². The molecule has 2 aromatic carbocycles. The first-order valence-electron chi connectivity index (χ1n) is 8.43. The van der Waals surface area contributed by atoms with Crippen LogP contribution in [-0.4, -0.2) is 12.0 Å². The number of benzene rings is 2. The van der Waals surface area contributed by atoms with Crippen molar-refractivity contribution in [2.75, 3.05) is 0 Å². The molecule has 24 heavy (non-hydrogen) atoms. The Bertz CT molecular complexity index is 729. The lowest BCUT2D eigenvalue weighted by atomic mass is 9.92. The lowest BCUT2D eigenvalue weighted by molar-refractivity contribution is -0.127. The fraction of sp³-hybridized carbons (Fsp3) is 0.350. The van der Waals surface area contributed by atoms with Gasteiger partial charge < -0.3 is 10.1 Å². The summed E-state index contributed by atoms with van der Waals surface area (Å²) >= 11 is 6.10. The molecule has 1 aliphatic rings. The van der Waals surface area contributed by atoms with E-state index in [9.17, 15) is 4.79 Å². The Labute approximate surface area is 148 Å². The lowest BCUT2D eigenvalue weighted by Gasteiger charge is -2.19. The van der Waals surface area contributed by atoms with Crippen molar-refractivity contribution in [2.24, 2.45) is 0 Å². The van der Waals surface area contributed by atoms with Crippen molar-refractivity contribution in [3.8, 4) is 5.75 Å². The Balaban J connectivity index is 1.57. The molecule has 3 nitrogen and oxygen atoms in total. The third kappa shape index (κ3) is 4.09. The number of carbonyl (C=O) groups is 1. The molecule has 1 amide bonds. The predicted molar refractivity (Wildman–Crippen MR) is 96.5 cm³/mol. The van der Waals surface area contributed by atoms with Crippen LogP contribution in [0, 0.1) is 0 Å². The summed E-state index contributed by atoms with van der Waals surface area (Å²) in [7, 11) is 0. The van der Waals surface area contributed by atoms with Crippen LogP contribution < -0.4 is 10.1 Å². The van der Waals surface area contributed by atoms with Crippen LogP contribution in [0.5, 0.6) is 5.75 Å². The zero-order valence-electron chi connectivity index (χ0n) is 13.8. The zero-order chi connectivity index (χ0) is 16.9. The summed E-state index contributed by atoms with van der Waals surface area (Å²) in [5.74, 6) is 0.615. The van der Waals surface area contributed by atoms with Crippen molar-refractivity contribution in [3.63, 3.8) is 0 Å². The number of carbonyl (C=O) groups excluding carboxylic acids is 1. The summed E-state index contributed by atoms with van der Waals surface area (Å²) in [6.07, 6.45) is 4.18. The van der Waals surface area contributed by atoms with Gasteiger partial charge in [0.15, 0.2) is 6.10 Å². The summed E-state index contributed by atoms with van der Waals surface area (Å²) in [4.78, 5) is 12.2. The molecule has 0 saturated heterocycles. The Morgan fingerprint density at radius 2 is 1.92 bits per heavy atom. The molecular formula is C20H22ClNO2. The second kappa shape index (κ2) is 7.71.